The van der Waals surface area contributed by atoms with Gasteiger partial charge in [0, 0.05) is 17.7 Å². The Hall–Kier alpha value is -3.46. The molecular weight excluding hydrogens is 404 g/mol. The Bertz CT molecular complexity index is 1060. The fraction of sp³-hybridized carbons (Fsp3) is 0.190. The Morgan fingerprint density at radius 3 is 2.57 bits per heavy atom. The Morgan fingerprint density at radius 2 is 1.93 bits per heavy atom. The van der Waals surface area contributed by atoms with Crippen molar-refractivity contribution < 1.29 is 14.5 Å². The molecule has 9 heteroatoms. The van der Waals surface area contributed by atoms with Crippen molar-refractivity contribution in [1.29, 1.82) is 0 Å². The van der Waals surface area contributed by atoms with Gasteiger partial charge in [-0.2, -0.15) is 5.10 Å². The number of carbonyl (C=O) groups excluding carboxylic acids is 1. The second-order valence-electron chi connectivity index (χ2n) is 6.72. The first-order valence-electron chi connectivity index (χ1n) is 9.11. The van der Waals surface area contributed by atoms with Gasteiger partial charge in [-0.15, -0.1) is 5.10 Å². The molecule has 0 bridgehead atoms. The number of non-ortho nitro benzene ring substituents is 1. The zero-order chi connectivity index (χ0) is 21.7. The highest BCUT2D eigenvalue weighted by atomic mass is 32.2. The van der Waals surface area contributed by atoms with Crippen molar-refractivity contribution in [3.05, 3.63) is 74.2 Å². The lowest BCUT2D eigenvalue weighted by Gasteiger charge is -2.04. The summed E-state index contributed by atoms with van der Waals surface area (Å²) in [5, 5.41) is 22.0. The van der Waals surface area contributed by atoms with Crippen LogP contribution in [0.1, 0.15) is 36.5 Å². The van der Waals surface area contributed by atoms with Crippen molar-refractivity contribution in [3.63, 3.8) is 0 Å². The molecule has 0 aliphatic carbocycles. The largest absolute Gasteiger partial charge is 0.496 e. The first kappa shape index (κ1) is 21.3. The van der Waals surface area contributed by atoms with E-state index in [1.807, 2.05) is 24.3 Å². The molecule has 2 aromatic rings. The highest BCUT2D eigenvalue weighted by molar-refractivity contribution is 8.18. The smallest absolute Gasteiger partial charge is 0.270 e. The number of amidine groups is 1. The van der Waals surface area contributed by atoms with Gasteiger partial charge in [0.2, 0.25) is 0 Å². The van der Waals surface area contributed by atoms with E-state index in [4.69, 9.17) is 4.74 Å². The number of hydrogen-bond donors (Lipinski definition) is 1. The van der Waals surface area contributed by atoms with E-state index in [9.17, 15) is 14.9 Å². The lowest BCUT2D eigenvalue weighted by atomic mass is 10.0. The summed E-state index contributed by atoms with van der Waals surface area (Å²) in [7, 11) is 1.46. The molecule has 30 heavy (non-hydrogen) atoms. The average Bonchev–Trinajstić information content (AvgIpc) is 3.07. The molecule has 0 atom stereocenters. The number of hydrogen-bond acceptors (Lipinski definition) is 7. The summed E-state index contributed by atoms with van der Waals surface area (Å²) in [6.45, 7) is 4.26. The van der Waals surface area contributed by atoms with Crippen molar-refractivity contribution >= 4 is 40.8 Å². The molecule has 2 aromatic carbocycles. The van der Waals surface area contributed by atoms with E-state index in [1.165, 1.54) is 36.9 Å². The van der Waals surface area contributed by atoms with Crippen LogP contribution in [0.5, 0.6) is 5.75 Å². The quantitative estimate of drug-likeness (QED) is 0.322. The van der Waals surface area contributed by atoms with Crippen LogP contribution in [0, 0.1) is 10.1 Å². The number of rotatable bonds is 6. The summed E-state index contributed by atoms with van der Waals surface area (Å²) >= 11 is 1.10. The van der Waals surface area contributed by atoms with E-state index in [2.05, 4.69) is 29.4 Å². The molecule has 0 radical (unpaired) electrons. The van der Waals surface area contributed by atoms with Gasteiger partial charge in [-0.25, -0.2) is 0 Å². The van der Waals surface area contributed by atoms with Crippen LogP contribution in [0.15, 0.2) is 57.6 Å². The molecule has 1 saturated heterocycles. The van der Waals surface area contributed by atoms with Gasteiger partial charge in [0.1, 0.15) is 5.75 Å². The predicted octanol–water partition coefficient (Wildman–Crippen LogP) is 4.32. The maximum absolute atomic E-state index is 12.2. The number of thioether (sulfide) groups is 1. The summed E-state index contributed by atoms with van der Waals surface area (Å²) in [6.07, 6.45) is 3.14. The van der Waals surface area contributed by atoms with Gasteiger partial charge in [0.15, 0.2) is 5.17 Å². The van der Waals surface area contributed by atoms with E-state index in [1.54, 1.807) is 6.21 Å². The molecule has 0 saturated carbocycles. The number of amides is 1. The maximum atomic E-state index is 12.2. The predicted molar refractivity (Wildman–Crippen MR) is 119 cm³/mol. The molecule has 1 aliphatic rings. The number of benzene rings is 2. The van der Waals surface area contributed by atoms with E-state index < -0.39 is 4.92 Å². The number of nitrogens with zero attached hydrogens (tertiary/aromatic N) is 3. The molecular formula is C21H20N4O4S. The van der Waals surface area contributed by atoms with Crippen LogP contribution < -0.4 is 10.1 Å². The summed E-state index contributed by atoms with van der Waals surface area (Å²) in [5.74, 6) is 0.523. The van der Waals surface area contributed by atoms with Gasteiger partial charge in [0.05, 0.1) is 23.2 Å². The van der Waals surface area contributed by atoms with Crippen LogP contribution in [0.3, 0.4) is 0 Å². The zero-order valence-electron chi connectivity index (χ0n) is 16.7. The van der Waals surface area contributed by atoms with Gasteiger partial charge in [-0.3, -0.25) is 20.2 Å². The third-order valence-electron chi connectivity index (χ3n) is 4.32. The normalized spacial score (nSPS) is 16.6. The molecule has 154 valence electrons. The van der Waals surface area contributed by atoms with Gasteiger partial charge >= 0.3 is 0 Å². The maximum Gasteiger partial charge on any atom is 0.270 e. The number of methoxy groups -OCH3 is 1. The molecule has 1 fully saturated rings. The number of nitro groups is 1. The summed E-state index contributed by atoms with van der Waals surface area (Å²) in [6, 6.07) is 12.2. The van der Waals surface area contributed by atoms with Crippen molar-refractivity contribution in [2.75, 3.05) is 7.11 Å². The standard InChI is InChI=1S/C21H20N4O4S/c1-13(2)15-6-4-14(5-7-15)12-22-24-21-23-20(26)19(30-21)11-16-10-17(25(27)28)8-9-18(16)29-3/h4-13H,1-3H3,(H,23,24,26)/b19-11+,22-12+. The van der Waals surface area contributed by atoms with E-state index >= 15 is 0 Å². The second-order valence-corrected chi connectivity index (χ2v) is 7.75. The van der Waals surface area contributed by atoms with Crippen LogP contribution in [0.2, 0.25) is 0 Å². The van der Waals surface area contributed by atoms with E-state index in [0.29, 0.717) is 27.3 Å². The van der Waals surface area contributed by atoms with Crippen molar-refractivity contribution in [3.8, 4) is 5.75 Å². The summed E-state index contributed by atoms with van der Waals surface area (Å²) in [4.78, 5) is 23.1. The Labute approximate surface area is 177 Å². The van der Waals surface area contributed by atoms with Gasteiger partial charge in [0.25, 0.3) is 11.6 Å². The minimum atomic E-state index is -0.501. The Kier molecular flexibility index (Phi) is 6.63. The molecule has 0 spiro atoms. The van der Waals surface area contributed by atoms with Crippen molar-refractivity contribution in [2.24, 2.45) is 10.2 Å². The summed E-state index contributed by atoms with van der Waals surface area (Å²) < 4.78 is 5.23. The average molecular weight is 424 g/mol. The SMILES string of the molecule is COc1ccc([N+](=O)[O-])cc1/C=C1/S/C(=N/N=C/c2ccc(C(C)C)cc2)NC1=O. The number of ether oxygens (including phenoxy) is 1. The summed E-state index contributed by atoms with van der Waals surface area (Å²) in [5.41, 5.74) is 2.48. The third-order valence-corrected chi connectivity index (χ3v) is 5.22. The molecule has 1 amide bonds. The van der Waals surface area contributed by atoms with Gasteiger partial charge in [-0.1, -0.05) is 38.1 Å². The molecule has 3 rings (SSSR count). The van der Waals surface area contributed by atoms with Crippen LogP contribution >= 0.6 is 11.8 Å². The lowest BCUT2D eigenvalue weighted by Crippen LogP contribution is -2.19. The van der Waals surface area contributed by atoms with E-state index in [0.717, 1.165) is 17.3 Å². The molecule has 0 aromatic heterocycles. The number of carbonyl (C=O) groups is 1. The van der Waals surface area contributed by atoms with Crippen molar-refractivity contribution in [2.45, 2.75) is 19.8 Å². The first-order valence-corrected chi connectivity index (χ1v) is 9.93. The number of nitrogens with one attached hydrogen (secondary N) is 1. The molecule has 1 N–H and O–H groups in total. The van der Waals surface area contributed by atoms with Crippen LogP contribution in [0.25, 0.3) is 6.08 Å². The molecule has 8 nitrogen and oxygen atoms in total. The fourth-order valence-electron chi connectivity index (χ4n) is 2.68. The minimum absolute atomic E-state index is 0.0898. The molecule has 1 aliphatic heterocycles. The Balaban J connectivity index is 1.76. The first-order chi connectivity index (χ1) is 14.4. The van der Waals surface area contributed by atoms with Crippen LogP contribution in [-0.4, -0.2) is 29.3 Å². The number of nitro benzene ring substituents is 1. The minimum Gasteiger partial charge on any atom is -0.496 e. The topological polar surface area (TPSA) is 106 Å². The van der Waals surface area contributed by atoms with Crippen LogP contribution in [-0.2, 0) is 4.79 Å². The van der Waals surface area contributed by atoms with E-state index in [-0.39, 0.29) is 11.6 Å². The molecule has 1 heterocycles. The zero-order valence-corrected chi connectivity index (χ0v) is 17.5. The van der Waals surface area contributed by atoms with Crippen LogP contribution in [0.4, 0.5) is 5.69 Å². The second kappa shape index (κ2) is 9.36. The highest BCUT2D eigenvalue weighted by Gasteiger charge is 2.24. The van der Waals surface area contributed by atoms with Crippen molar-refractivity contribution in [1.82, 2.24) is 5.32 Å². The van der Waals surface area contributed by atoms with Gasteiger partial charge in [-0.05, 0) is 40.9 Å². The monoisotopic (exact) mass is 424 g/mol. The lowest BCUT2D eigenvalue weighted by molar-refractivity contribution is -0.384. The molecule has 0 unspecified atom stereocenters. The Morgan fingerprint density at radius 1 is 1.20 bits per heavy atom. The third kappa shape index (κ3) is 5.12. The van der Waals surface area contributed by atoms with Gasteiger partial charge < -0.3 is 4.74 Å². The fourth-order valence-corrected chi connectivity index (χ4v) is 3.45. The highest BCUT2D eigenvalue weighted by Crippen LogP contribution is 2.31.